The van der Waals surface area contributed by atoms with E-state index >= 15 is 0 Å². The average Bonchev–Trinajstić information content (AvgIpc) is 2.77. The van der Waals surface area contributed by atoms with E-state index in [0.717, 1.165) is 48.4 Å². The third kappa shape index (κ3) is 2.73. The van der Waals surface area contributed by atoms with Gasteiger partial charge in [0.15, 0.2) is 5.82 Å². The summed E-state index contributed by atoms with van der Waals surface area (Å²) in [7, 11) is 0. The first-order valence-electron chi connectivity index (χ1n) is 6.80. The van der Waals surface area contributed by atoms with Crippen LogP contribution in [0.3, 0.4) is 0 Å². The van der Waals surface area contributed by atoms with Gasteiger partial charge in [-0.05, 0) is 22.0 Å². The van der Waals surface area contributed by atoms with Crippen LogP contribution in [0.25, 0.3) is 5.52 Å². The summed E-state index contributed by atoms with van der Waals surface area (Å²) >= 11 is 3.51. The zero-order valence-corrected chi connectivity index (χ0v) is 13.4. The molecule has 0 aliphatic carbocycles. The molecule has 0 atom stereocenters. The maximum atomic E-state index is 11.3. The van der Waals surface area contributed by atoms with Crippen molar-refractivity contribution in [3.8, 4) is 0 Å². The fraction of sp³-hybridized carbons (Fsp3) is 0.462. The minimum absolute atomic E-state index is 0.144. The number of nitrogens with two attached hydrogens (primary N) is 1. The highest BCUT2D eigenvalue weighted by atomic mass is 79.9. The summed E-state index contributed by atoms with van der Waals surface area (Å²) in [4.78, 5) is 19.6. The molecule has 3 heterocycles. The number of piperazine rings is 1. The van der Waals surface area contributed by atoms with E-state index < -0.39 is 0 Å². The Hall–Kier alpha value is -1.67. The molecule has 7 nitrogen and oxygen atoms in total. The summed E-state index contributed by atoms with van der Waals surface area (Å²) in [6.45, 7) is 5.67. The Kier molecular flexibility index (Phi) is 3.81. The van der Waals surface area contributed by atoms with Crippen molar-refractivity contribution in [2.45, 2.75) is 13.5 Å². The van der Waals surface area contributed by atoms with E-state index in [0.29, 0.717) is 5.82 Å². The number of nitrogen functional groups attached to an aromatic ring is 1. The van der Waals surface area contributed by atoms with E-state index in [4.69, 9.17) is 5.73 Å². The number of amides is 1. The normalized spacial score (nSPS) is 16.6. The lowest BCUT2D eigenvalue weighted by Crippen LogP contribution is -2.47. The molecule has 0 spiro atoms. The number of hydrogen-bond acceptors (Lipinski definition) is 5. The van der Waals surface area contributed by atoms with Crippen LogP contribution in [0.2, 0.25) is 0 Å². The van der Waals surface area contributed by atoms with Crippen LogP contribution in [-0.2, 0) is 11.3 Å². The molecule has 1 aliphatic rings. The molecule has 0 radical (unpaired) electrons. The first-order chi connectivity index (χ1) is 10.1. The highest BCUT2D eigenvalue weighted by Gasteiger charge is 2.20. The lowest BCUT2D eigenvalue weighted by atomic mass is 10.3. The Labute approximate surface area is 130 Å². The molecular formula is C13H17BrN6O. The summed E-state index contributed by atoms with van der Waals surface area (Å²) < 4.78 is 2.72. The van der Waals surface area contributed by atoms with Gasteiger partial charge in [0.25, 0.3) is 0 Å². The third-order valence-corrected chi connectivity index (χ3v) is 4.42. The molecule has 21 heavy (non-hydrogen) atoms. The second kappa shape index (κ2) is 5.61. The molecule has 112 valence electrons. The van der Waals surface area contributed by atoms with Gasteiger partial charge >= 0.3 is 0 Å². The highest BCUT2D eigenvalue weighted by molar-refractivity contribution is 9.10. The summed E-state index contributed by atoms with van der Waals surface area (Å²) in [5.74, 6) is 0.607. The number of aromatic nitrogens is 3. The maximum Gasteiger partial charge on any atom is 0.219 e. The van der Waals surface area contributed by atoms with Gasteiger partial charge in [0, 0.05) is 44.1 Å². The van der Waals surface area contributed by atoms with Gasteiger partial charge in [-0.2, -0.15) is 5.10 Å². The fourth-order valence-electron chi connectivity index (χ4n) is 2.65. The van der Waals surface area contributed by atoms with Crippen LogP contribution in [-0.4, -0.2) is 56.5 Å². The van der Waals surface area contributed by atoms with Gasteiger partial charge < -0.3 is 10.6 Å². The fourth-order valence-corrected chi connectivity index (χ4v) is 3.28. The number of halogens is 1. The largest absolute Gasteiger partial charge is 0.382 e. The summed E-state index contributed by atoms with van der Waals surface area (Å²) in [5, 5.41) is 4.28. The minimum atomic E-state index is 0.144. The number of anilines is 1. The van der Waals surface area contributed by atoms with Crippen molar-refractivity contribution >= 4 is 33.2 Å². The zero-order valence-electron chi connectivity index (χ0n) is 11.8. The molecule has 2 N–H and O–H groups in total. The van der Waals surface area contributed by atoms with Crippen molar-refractivity contribution < 1.29 is 4.79 Å². The number of fused-ring (bicyclic) bond motifs is 1. The molecule has 1 saturated heterocycles. The van der Waals surface area contributed by atoms with Crippen molar-refractivity contribution in [3.05, 3.63) is 22.6 Å². The Morgan fingerprint density at radius 1 is 1.38 bits per heavy atom. The molecule has 2 aromatic heterocycles. The molecule has 1 aliphatic heterocycles. The van der Waals surface area contributed by atoms with Crippen LogP contribution in [0.4, 0.5) is 5.82 Å². The van der Waals surface area contributed by atoms with Crippen LogP contribution in [0.5, 0.6) is 0 Å². The third-order valence-electron chi connectivity index (χ3n) is 3.81. The van der Waals surface area contributed by atoms with E-state index in [-0.39, 0.29) is 5.91 Å². The summed E-state index contributed by atoms with van der Waals surface area (Å²) in [5.41, 5.74) is 7.75. The molecule has 0 unspecified atom stereocenters. The predicted molar refractivity (Wildman–Crippen MR) is 82.6 cm³/mol. The number of hydrogen-bond donors (Lipinski definition) is 1. The maximum absolute atomic E-state index is 11.3. The van der Waals surface area contributed by atoms with Crippen LogP contribution < -0.4 is 5.73 Å². The van der Waals surface area contributed by atoms with E-state index in [1.54, 1.807) is 6.92 Å². The van der Waals surface area contributed by atoms with E-state index in [1.807, 2.05) is 15.5 Å². The number of nitrogens with zero attached hydrogens (tertiary/aromatic N) is 5. The minimum Gasteiger partial charge on any atom is -0.382 e. The Bertz CT molecular complexity index is 677. The van der Waals surface area contributed by atoms with Crippen LogP contribution in [0, 0.1) is 0 Å². The van der Waals surface area contributed by atoms with E-state index in [1.165, 1.54) is 6.33 Å². The van der Waals surface area contributed by atoms with Gasteiger partial charge in [-0.25, -0.2) is 9.50 Å². The van der Waals surface area contributed by atoms with Gasteiger partial charge in [0.2, 0.25) is 5.91 Å². The Morgan fingerprint density at radius 3 is 2.76 bits per heavy atom. The van der Waals surface area contributed by atoms with Gasteiger partial charge in [-0.3, -0.25) is 9.69 Å². The highest BCUT2D eigenvalue weighted by Crippen LogP contribution is 2.26. The molecule has 0 aromatic carbocycles. The molecule has 2 aromatic rings. The molecule has 3 rings (SSSR count). The van der Waals surface area contributed by atoms with E-state index in [9.17, 15) is 4.79 Å². The van der Waals surface area contributed by atoms with Gasteiger partial charge in [0.1, 0.15) is 11.8 Å². The number of carbonyl (C=O) groups is 1. The van der Waals surface area contributed by atoms with Crippen molar-refractivity contribution in [1.29, 1.82) is 0 Å². The first kappa shape index (κ1) is 14.3. The van der Waals surface area contributed by atoms with Crippen molar-refractivity contribution in [2.75, 3.05) is 31.9 Å². The quantitative estimate of drug-likeness (QED) is 0.862. The van der Waals surface area contributed by atoms with Gasteiger partial charge in [-0.15, -0.1) is 0 Å². The van der Waals surface area contributed by atoms with Gasteiger partial charge in [-0.1, -0.05) is 0 Å². The van der Waals surface area contributed by atoms with E-state index in [2.05, 4.69) is 30.9 Å². The molecular weight excluding hydrogens is 336 g/mol. The lowest BCUT2D eigenvalue weighted by molar-refractivity contribution is -0.130. The zero-order chi connectivity index (χ0) is 15.0. The summed E-state index contributed by atoms with van der Waals surface area (Å²) in [6.07, 6.45) is 1.46. The molecule has 1 amide bonds. The second-order valence-corrected chi connectivity index (χ2v) is 6.03. The Balaban J connectivity index is 1.78. The number of carbonyl (C=O) groups excluding carboxylic acids is 1. The molecule has 1 fully saturated rings. The average molecular weight is 353 g/mol. The monoisotopic (exact) mass is 352 g/mol. The Morgan fingerprint density at radius 2 is 2.10 bits per heavy atom. The topological polar surface area (TPSA) is 79.8 Å². The van der Waals surface area contributed by atoms with Gasteiger partial charge in [0.05, 0.1) is 5.69 Å². The SMILES string of the molecule is CC(=O)N1CCN(Cc2cc(Br)c3c(N)ncnn23)CC1. The lowest BCUT2D eigenvalue weighted by Gasteiger charge is -2.33. The van der Waals surface area contributed by atoms with Crippen LogP contribution >= 0.6 is 15.9 Å². The second-order valence-electron chi connectivity index (χ2n) is 5.17. The summed E-state index contributed by atoms with van der Waals surface area (Å²) in [6, 6.07) is 2.03. The smallest absolute Gasteiger partial charge is 0.219 e. The molecule has 0 bridgehead atoms. The first-order valence-corrected chi connectivity index (χ1v) is 7.60. The molecule has 8 heteroatoms. The van der Waals surface area contributed by atoms with Crippen LogP contribution in [0.1, 0.15) is 12.6 Å². The standard InChI is InChI=1S/C13H17BrN6O/c1-9(21)19-4-2-18(3-5-19)7-10-6-11(14)12-13(15)16-8-17-20(10)12/h6,8H,2-5,7H2,1H3,(H2,15,16,17). The molecule has 0 saturated carbocycles. The van der Waals surface area contributed by atoms with Crippen LogP contribution in [0.15, 0.2) is 16.9 Å². The van der Waals surface area contributed by atoms with Crippen molar-refractivity contribution in [2.24, 2.45) is 0 Å². The van der Waals surface area contributed by atoms with Crippen molar-refractivity contribution in [3.63, 3.8) is 0 Å². The number of rotatable bonds is 2. The predicted octanol–water partition coefficient (Wildman–Crippen LogP) is 0.738. The van der Waals surface area contributed by atoms with Crippen molar-refractivity contribution in [1.82, 2.24) is 24.4 Å².